The van der Waals surface area contributed by atoms with Crippen molar-refractivity contribution in [2.24, 2.45) is 0 Å². The summed E-state index contributed by atoms with van der Waals surface area (Å²) < 4.78 is 23.6. The highest BCUT2D eigenvalue weighted by Gasteiger charge is 2.13. The number of hydrogen-bond donors (Lipinski definition) is 1. The minimum Gasteiger partial charge on any atom is -0.388 e. The molecule has 0 amide bonds. The molecule has 1 unspecified atom stereocenters. The van der Waals surface area contributed by atoms with Crippen molar-refractivity contribution in [3.63, 3.8) is 0 Å². The summed E-state index contributed by atoms with van der Waals surface area (Å²) >= 11 is 3.40. The van der Waals surface area contributed by atoms with Crippen molar-refractivity contribution in [2.75, 3.05) is 11.5 Å². The van der Waals surface area contributed by atoms with Gasteiger partial charge < -0.3 is 5.11 Å². The van der Waals surface area contributed by atoms with Crippen LogP contribution in [0.1, 0.15) is 37.0 Å². The topological polar surface area (TPSA) is 54.4 Å². The summed E-state index contributed by atoms with van der Waals surface area (Å²) in [4.78, 5) is 0. The third-order valence-electron chi connectivity index (χ3n) is 2.88. The normalized spacial score (nSPS) is 13.6. The Morgan fingerprint density at radius 3 is 2.67 bits per heavy atom. The fourth-order valence-corrected chi connectivity index (χ4v) is 3.12. The number of sulfone groups is 1. The Kier molecular flexibility index (Phi) is 5.82. The van der Waals surface area contributed by atoms with Crippen LogP contribution in [-0.2, 0) is 9.84 Å². The van der Waals surface area contributed by atoms with Gasteiger partial charge in [-0.3, -0.25) is 0 Å². The van der Waals surface area contributed by atoms with Gasteiger partial charge in [0, 0.05) is 10.2 Å². The van der Waals surface area contributed by atoms with E-state index in [0.29, 0.717) is 12.8 Å². The molecule has 0 aliphatic heterocycles. The van der Waals surface area contributed by atoms with Gasteiger partial charge >= 0.3 is 0 Å². The van der Waals surface area contributed by atoms with E-state index in [2.05, 4.69) is 15.9 Å². The van der Waals surface area contributed by atoms with Gasteiger partial charge in [-0.2, -0.15) is 0 Å². The van der Waals surface area contributed by atoms with Crippen LogP contribution in [0.25, 0.3) is 0 Å². The number of benzene rings is 1. The first-order chi connectivity index (χ1) is 8.35. The predicted molar refractivity (Wildman–Crippen MR) is 77.4 cm³/mol. The van der Waals surface area contributed by atoms with Crippen LogP contribution >= 0.6 is 15.9 Å². The van der Waals surface area contributed by atoms with Gasteiger partial charge in [0.1, 0.15) is 9.84 Å². The Balaban J connectivity index is 2.61. The second-order valence-electron chi connectivity index (χ2n) is 4.42. The molecule has 1 N–H and O–H groups in total. The van der Waals surface area contributed by atoms with E-state index in [4.69, 9.17) is 0 Å². The van der Waals surface area contributed by atoms with Crippen molar-refractivity contribution >= 4 is 25.8 Å². The summed E-state index contributed by atoms with van der Waals surface area (Å²) in [6, 6.07) is 5.78. The Morgan fingerprint density at radius 2 is 2.06 bits per heavy atom. The van der Waals surface area contributed by atoms with Crippen LogP contribution in [0, 0.1) is 6.92 Å². The van der Waals surface area contributed by atoms with E-state index < -0.39 is 15.9 Å². The van der Waals surface area contributed by atoms with Crippen molar-refractivity contribution in [1.29, 1.82) is 0 Å². The van der Waals surface area contributed by atoms with E-state index in [-0.39, 0.29) is 11.5 Å². The van der Waals surface area contributed by atoms with Crippen LogP contribution in [0.4, 0.5) is 0 Å². The van der Waals surface area contributed by atoms with E-state index in [0.717, 1.165) is 15.6 Å². The van der Waals surface area contributed by atoms with E-state index in [1.165, 1.54) is 0 Å². The molecule has 0 saturated carbocycles. The Labute approximate surface area is 117 Å². The zero-order valence-corrected chi connectivity index (χ0v) is 13.1. The summed E-state index contributed by atoms with van der Waals surface area (Å²) in [5.41, 5.74) is 1.90. The molecule has 3 nitrogen and oxygen atoms in total. The average Bonchev–Trinajstić information content (AvgIpc) is 2.32. The van der Waals surface area contributed by atoms with Crippen LogP contribution in [0.5, 0.6) is 0 Å². The van der Waals surface area contributed by atoms with E-state index >= 15 is 0 Å². The van der Waals surface area contributed by atoms with Crippen molar-refractivity contribution in [2.45, 2.75) is 32.8 Å². The maximum atomic E-state index is 11.3. The average molecular weight is 335 g/mol. The first-order valence-corrected chi connectivity index (χ1v) is 8.61. The number of halogens is 1. The van der Waals surface area contributed by atoms with Gasteiger partial charge in [0.25, 0.3) is 0 Å². The zero-order chi connectivity index (χ0) is 13.8. The number of aliphatic hydroxyl groups excluding tert-OH is 1. The summed E-state index contributed by atoms with van der Waals surface area (Å²) in [7, 11) is -2.94. The molecule has 102 valence electrons. The Morgan fingerprint density at radius 1 is 1.39 bits per heavy atom. The number of rotatable bonds is 6. The maximum absolute atomic E-state index is 11.3. The standard InChI is InChI=1S/C13H19BrO3S/c1-3-18(16,17)8-4-5-13(15)11-9-10(2)6-7-12(11)14/h6-7,9,13,15H,3-5,8H2,1-2H3. The smallest absolute Gasteiger partial charge is 0.150 e. The molecule has 1 aromatic carbocycles. The molecule has 0 aliphatic carbocycles. The molecule has 1 atom stereocenters. The van der Waals surface area contributed by atoms with E-state index in [9.17, 15) is 13.5 Å². The maximum Gasteiger partial charge on any atom is 0.150 e. The highest BCUT2D eigenvalue weighted by atomic mass is 79.9. The minimum absolute atomic E-state index is 0.143. The van der Waals surface area contributed by atoms with Crippen LogP contribution in [0.3, 0.4) is 0 Å². The second kappa shape index (κ2) is 6.68. The molecule has 18 heavy (non-hydrogen) atoms. The van der Waals surface area contributed by atoms with E-state index in [1.807, 2.05) is 25.1 Å². The lowest BCUT2D eigenvalue weighted by molar-refractivity contribution is 0.166. The number of aryl methyl sites for hydroxylation is 1. The summed E-state index contributed by atoms with van der Waals surface area (Å²) in [6.07, 6.45) is 0.324. The summed E-state index contributed by atoms with van der Waals surface area (Å²) in [5, 5.41) is 10.1. The largest absolute Gasteiger partial charge is 0.388 e. The summed E-state index contributed by atoms with van der Waals surface area (Å²) in [6.45, 7) is 3.60. The van der Waals surface area contributed by atoms with Gasteiger partial charge in [-0.15, -0.1) is 0 Å². The molecule has 0 spiro atoms. The molecule has 0 aliphatic rings. The van der Waals surface area contributed by atoms with Crippen molar-refractivity contribution in [3.8, 4) is 0 Å². The fourth-order valence-electron chi connectivity index (χ4n) is 1.71. The van der Waals surface area contributed by atoms with Gasteiger partial charge in [-0.1, -0.05) is 40.5 Å². The number of hydrogen-bond acceptors (Lipinski definition) is 3. The first-order valence-electron chi connectivity index (χ1n) is 6.00. The highest BCUT2D eigenvalue weighted by Crippen LogP contribution is 2.27. The van der Waals surface area contributed by atoms with Gasteiger partial charge in [-0.25, -0.2) is 8.42 Å². The lowest BCUT2D eigenvalue weighted by Crippen LogP contribution is -2.10. The predicted octanol–water partition coefficient (Wildman–Crippen LogP) is 3.01. The Hall–Kier alpha value is -0.390. The van der Waals surface area contributed by atoms with E-state index in [1.54, 1.807) is 6.92 Å². The molecular formula is C13H19BrO3S. The monoisotopic (exact) mass is 334 g/mol. The molecule has 5 heteroatoms. The van der Waals surface area contributed by atoms with Gasteiger partial charge in [-0.05, 0) is 31.4 Å². The van der Waals surface area contributed by atoms with Crippen molar-refractivity contribution in [3.05, 3.63) is 33.8 Å². The van der Waals surface area contributed by atoms with Crippen molar-refractivity contribution < 1.29 is 13.5 Å². The molecule has 0 fully saturated rings. The van der Waals surface area contributed by atoms with Gasteiger partial charge in [0.2, 0.25) is 0 Å². The molecule has 0 radical (unpaired) electrons. The van der Waals surface area contributed by atoms with Crippen LogP contribution < -0.4 is 0 Å². The third-order valence-corrected chi connectivity index (χ3v) is 5.40. The second-order valence-corrected chi connectivity index (χ2v) is 7.75. The molecule has 0 saturated heterocycles. The first kappa shape index (κ1) is 15.7. The van der Waals surface area contributed by atoms with Gasteiger partial charge in [0.15, 0.2) is 0 Å². The van der Waals surface area contributed by atoms with Crippen LogP contribution in [-0.4, -0.2) is 25.0 Å². The molecule has 0 aromatic heterocycles. The van der Waals surface area contributed by atoms with Crippen LogP contribution in [0.15, 0.2) is 22.7 Å². The lowest BCUT2D eigenvalue weighted by Gasteiger charge is -2.13. The molecular weight excluding hydrogens is 316 g/mol. The van der Waals surface area contributed by atoms with Crippen molar-refractivity contribution in [1.82, 2.24) is 0 Å². The quantitative estimate of drug-likeness (QED) is 0.869. The zero-order valence-electron chi connectivity index (χ0n) is 10.7. The highest BCUT2D eigenvalue weighted by molar-refractivity contribution is 9.10. The fraction of sp³-hybridized carbons (Fsp3) is 0.538. The van der Waals surface area contributed by atoms with Crippen LogP contribution in [0.2, 0.25) is 0 Å². The minimum atomic E-state index is -2.94. The molecule has 1 rings (SSSR count). The Bertz CT molecular complexity index is 497. The lowest BCUT2D eigenvalue weighted by atomic mass is 10.0. The summed E-state index contributed by atoms with van der Waals surface area (Å²) in [5.74, 6) is 0.307. The number of aliphatic hydroxyl groups is 1. The van der Waals surface area contributed by atoms with Gasteiger partial charge in [0.05, 0.1) is 11.9 Å². The molecule has 0 heterocycles. The molecule has 0 bridgehead atoms. The molecule has 1 aromatic rings. The third kappa shape index (κ3) is 4.71. The SMILES string of the molecule is CCS(=O)(=O)CCCC(O)c1cc(C)ccc1Br.